The maximum absolute atomic E-state index is 10.2. The van der Waals surface area contributed by atoms with Crippen LogP contribution in [0.25, 0.3) is 0 Å². The summed E-state index contributed by atoms with van der Waals surface area (Å²) < 4.78 is 0. The van der Waals surface area contributed by atoms with Gasteiger partial charge in [-0.25, -0.2) is 0 Å². The van der Waals surface area contributed by atoms with Gasteiger partial charge in [-0.2, -0.15) is 0 Å². The topological polar surface area (TPSA) is 57.5 Å². The highest BCUT2D eigenvalue weighted by Crippen LogP contribution is 2.10. The number of carboxylic acid groups (broad SMARTS) is 1. The standard InChI is InChI=1S/C6H11BrO3/c1-2-3-4(8)5(7)6(9)10/h4-5,8H,2-3H2,1H3,(H,9,10)/t4-,5+/m1/s1. The van der Waals surface area contributed by atoms with E-state index in [4.69, 9.17) is 10.2 Å². The first-order valence-corrected chi connectivity index (χ1v) is 4.06. The van der Waals surface area contributed by atoms with E-state index in [1.165, 1.54) is 0 Å². The minimum absolute atomic E-state index is 0.516. The number of carbonyl (C=O) groups is 1. The summed E-state index contributed by atoms with van der Waals surface area (Å²) >= 11 is 2.86. The molecule has 0 fully saturated rings. The molecular weight excluding hydrogens is 200 g/mol. The number of aliphatic hydroxyl groups is 1. The Kier molecular flexibility index (Phi) is 4.64. The molecule has 10 heavy (non-hydrogen) atoms. The fourth-order valence-corrected chi connectivity index (χ4v) is 0.871. The van der Waals surface area contributed by atoms with Crippen LogP contribution >= 0.6 is 15.9 Å². The first-order chi connectivity index (χ1) is 4.59. The lowest BCUT2D eigenvalue weighted by molar-refractivity contribution is -0.138. The van der Waals surface area contributed by atoms with Gasteiger partial charge in [0.15, 0.2) is 0 Å². The van der Waals surface area contributed by atoms with Crippen LogP contribution in [0, 0.1) is 0 Å². The lowest BCUT2D eigenvalue weighted by atomic mass is 10.1. The third-order valence-electron chi connectivity index (χ3n) is 1.16. The van der Waals surface area contributed by atoms with Crippen molar-refractivity contribution >= 4 is 21.9 Å². The smallest absolute Gasteiger partial charge is 0.319 e. The number of hydrogen-bond acceptors (Lipinski definition) is 2. The van der Waals surface area contributed by atoms with Crippen molar-refractivity contribution in [3.05, 3.63) is 0 Å². The van der Waals surface area contributed by atoms with Crippen LogP contribution in [0.3, 0.4) is 0 Å². The van der Waals surface area contributed by atoms with E-state index in [9.17, 15) is 4.79 Å². The highest BCUT2D eigenvalue weighted by molar-refractivity contribution is 9.10. The van der Waals surface area contributed by atoms with E-state index in [0.29, 0.717) is 6.42 Å². The molecule has 0 radical (unpaired) electrons. The van der Waals surface area contributed by atoms with E-state index in [-0.39, 0.29) is 0 Å². The van der Waals surface area contributed by atoms with Gasteiger partial charge in [-0.05, 0) is 6.42 Å². The lowest BCUT2D eigenvalue weighted by Crippen LogP contribution is -2.27. The number of aliphatic carboxylic acids is 1. The molecule has 0 aromatic heterocycles. The molecule has 0 aliphatic rings. The maximum atomic E-state index is 10.2. The molecule has 0 aliphatic heterocycles. The second kappa shape index (κ2) is 4.68. The van der Waals surface area contributed by atoms with E-state index in [1.54, 1.807) is 0 Å². The average Bonchev–Trinajstić information content (AvgIpc) is 1.87. The summed E-state index contributed by atoms with van der Waals surface area (Å²) in [5.74, 6) is -1.01. The minimum atomic E-state index is -1.01. The number of carboxylic acids is 1. The van der Waals surface area contributed by atoms with E-state index >= 15 is 0 Å². The molecule has 3 nitrogen and oxygen atoms in total. The van der Waals surface area contributed by atoms with Crippen LogP contribution < -0.4 is 0 Å². The Bertz CT molecular complexity index is 116. The second-order valence-corrected chi connectivity index (χ2v) is 3.08. The van der Waals surface area contributed by atoms with Gasteiger partial charge in [-0.1, -0.05) is 29.3 Å². The van der Waals surface area contributed by atoms with Crippen molar-refractivity contribution in [3.63, 3.8) is 0 Å². The van der Waals surface area contributed by atoms with E-state index < -0.39 is 16.9 Å². The Morgan fingerprint density at radius 1 is 1.70 bits per heavy atom. The van der Waals surface area contributed by atoms with Crippen molar-refractivity contribution in [1.82, 2.24) is 0 Å². The van der Waals surface area contributed by atoms with Gasteiger partial charge in [0, 0.05) is 0 Å². The van der Waals surface area contributed by atoms with Gasteiger partial charge in [-0.3, -0.25) is 4.79 Å². The Hall–Kier alpha value is -0.0900. The van der Waals surface area contributed by atoms with Gasteiger partial charge in [0.2, 0.25) is 0 Å². The number of halogens is 1. The van der Waals surface area contributed by atoms with Crippen LogP contribution in [-0.4, -0.2) is 27.1 Å². The zero-order valence-corrected chi connectivity index (χ0v) is 7.34. The van der Waals surface area contributed by atoms with E-state index in [0.717, 1.165) is 6.42 Å². The molecule has 0 rings (SSSR count). The molecule has 0 aromatic carbocycles. The van der Waals surface area contributed by atoms with E-state index in [2.05, 4.69) is 15.9 Å². The van der Waals surface area contributed by atoms with Crippen molar-refractivity contribution in [1.29, 1.82) is 0 Å². The zero-order valence-electron chi connectivity index (χ0n) is 5.75. The SMILES string of the molecule is CCC[C@@H](O)[C@H](Br)C(=O)O. The first-order valence-electron chi connectivity index (χ1n) is 3.14. The summed E-state index contributed by atoms with van der Waals surface area (Å²) in [5, 5.41) is 17.4. The molecule has 0 bridgehead atoms. The monoisotopic (exact) mass is 210 g/mol. The summed E-state index contributed by atoms with van der Waals surface area (Å²) in [6, 6.07) is 0. The average molecular weight is 211 g/mol. The summed E-state index contributed by atoms with van der Waals surface area (Å²) in [6.07, 6.45) is 0.529. The highest BCUT2D eigenvalue weighted by atomic mass is 79.9. The molecule has 4 heteroatoms. The van der Waals surface area contributed by atoms with Crippen molar-refractivity contribution in [3.8, 4) is 0 Å². The van der Waals surface area contributed by atoms with Crippen molar-refractivity contribution in [2.75, 3.05) is 0 Å². The summed E-state index contributed by atoms with van der Waals surface area (Å²) in [5.41, 5.74) is 0. The van der Waals surface area contributed by atoms with Gasteiger partial charge in [-0.15, -0.1) is 0 Å². The van der Waals surface area contributed by atoms with Crippen molar-refractivity contribution < 1.29 is 15.0 Å². The largest absolute Gasteiger partial charge is 0.480 e. The highest BCUT2D eigenvalue weighted by Gasteiger charge is 2.21. The van der Waals surface area contributed by atoms with Crippen molar-refractivity contribution in [2.24, 2.45) is 0 Å². The van der Waals surface area contributed by atoms with Gasteiger partial charge in [0.25, 0.3) is 0 Å². The maximum Gasteiger partial charge on any atom is 0.319 e. The third-order valence-corrected chi connectivity index (χ3v) is 2.16. The molecule has 0 heterocycles. The number of rotatable bonds is 4. The van der Waals surface area contributed by atoms with Gasteiger partial charge in [0.05, 0.1) is 6.10 Å². The summed E-state index contributed by atoms with van der Waals surface area (Å²) in [7, 11) is 0. The second-order valence-electron chi connectivity index (χ2n) is 2.10. The molecule has 0 saturated heterocycles. The molecule has 2 N–H and O–H groups in total. The van der Waals surface area contributed by atoms with Gasteiger partial charge >= 0.3 is 5.97 Å². The molecule has 2 atom stereocenters. The van der Waals surface area contributed by atoms with Crippen LogP contribution in [0.5, 0.6) is 0 Å². The number of hydrogen-bond donors (Lipinski definition) is 2. The normalized spacial score (nSPS) is 16.3. The lowest BCUT2D eigenvalue weighted by Gasteiger charge is -2.11. The molecule has 0 aromatic rings. The zero-order chi connectivity index (χ0) is 8.15. The molecule has 0 spiro atoms. The molecule has 0 amide bonds. The minimum Gasteiger partial charge on any atom is -0.480 e. The van der Waals surface area contributed by atoms with Crippen LogP contribution in [0.4, 0.5) is 0 Å². The number of aliphatic hydroxyl groups excluding tert-OH is 1. The van der Waals surface area contributed by atoms with Gasteiger partial charge in [0.1, 0.15) is 4.83 Å². The number of alkyl halides is 1. The molecule has 0 aliphatic carbocycles. The fraction of sp³-hybridized carbons (Fsp3) is 0.833. The predicted octanol–water partition coefficient (Wildman–Crippen LogP) is 0.996. The molecule has 60 valence electrons. The Balaban J connectivity index is 3.69. The fourth-order valence-electron chi connectivity index (χ4n) is 0.607. The molecule has 0 unspecified atom stereocenters. The van der Waals surface area contributed by atoms with Gasteiger partial charge < -0.3 is 10.2 Å². The molecule has 0 saturated carbocycles. The predicted molar refractivity (Wildman–Crippen MR) is 41.3 cm³/mol. The van der Waals surface area contributed by atoms with Crippen molar-refractivity contribution in [2.45, 2.75) is 30.7 Å². The Labute approximate surface area is 68.2 Å². The first kappa shape index (κ1) is 9.91. The summed E-state index contributed by atoms with van der Waals surface area (Å²) in [4.78, 5) is 9.38. The Morgan fingerprint density at radius 2 is 2.20 bits per heavy atom. The van der Waals surface area contributed by atoms with E-state index in [1.807, 2.05) is 6.92 Å². The van der Waals surface area contributed by atoms with Crippen LogP contribution in [0.1, 0.15) is 19.8 Å². The van der Waals surface area contributed by atoms with Crippen LogP contribution in [0.15, 0.2) is 0 Å². The van der Waals surface area contributed by atoms with Crippen LogP contribution in [0.2, 0.25) is 0 Å². The van der Waals surface area contributed by atoms with Crippen LogP contribution in [-0.2, 0) is 4.79 Å². The summed E-state index contributed by atoms with van der Waals surface area (Å²) in [6.45, 7) is 1.89. The Morgan fingerprint density at radius 3 is 2.50 bits per heavy atom. The third kappa shape index (κ3) is 3.17. The quantitative estimate of drug-likeness (QED) is 0.682. The molecular formula is C6H11BrO3.